The van der Waals surface area contributed by atoms with E-state index in [0.29, 0.717) is 23.5 Å². The van der Waals surface area contributed by atoms with Crippen LogP contribution in [0.1, 0.15) is 13.8 Å². The lowest BCUT2D eigenvalue weighted by Crippen LogP contribution is -2.43. The minimum Gasteiger partial charge on any atom is -0.126 e. The maximum atomic E-state index is 5.85. The summed E-state index contributed by atoms with van der Waals surface area (Å²) < 4.78 is 0. The molecule has 0 aliphatic rings. The van der Waals surface area contributed by atoms with Crippen molar-refractivity contribution in [1.29, 1.82) is 0 Å². The van der Waals surface area contributed by atoms with Crippen molar-refractivity contribution in [1.82, 2.24) is 0 Å². The topological polar surface area (TPSA) is 0 Å². The lowest BCUT2D eigenvalue weighted by atomic mass is 9.70. The van der Waals surface area contributed by atoms with Crippen molar-refractivity contribution in [2.45, 2.75) is 13.8 Å². The van der Waals surface area contributed by atoms with Crippen LogP contribution < -0.4 is 0 Å². The van der Waals surface area contributed by atoms with E-state index in [4.69, 9.17) is 46.4 Å². The summed E-state index contributed by atoms with van der Waals surface area (Å²) in [5.74, 6) is 1.91. The van der Waals surface area contributed by atoms with Crippen LogP contribution in [0.25, 0.3) is 0 Å². The molecule has 0 aliphatic heterocycles. The summed E-state index contributed by atoms with van der Waals surface area (Å²) in [6.45, 7) is 4.02. The highest BCUT2D eigenvalue weighted by atomic mass is 35.5. The molecule has 0 saturated heterocycles. The monoisotopic (exact) mass is 250 g/mol. The van der Waals surface area contributed by atoms with Gasteiger partial charge in [-0.15, -0.1) is 46.4 Å². The first-order valence-electron chi connectivity index (χ1n) is 3.73. The fraction of sp³-hybridized carbons (Fsp3) is 1.00. The highest BCUT2D eigenvalue weighted by molar-refractivity contribution is 6.23. The van der Waals surface area contributed by atoms with Crippen LogP contribution in [0.4, 0.5) is 0 Å². The molecule has 0 saturated carbocycles. The van der Waals surface area contributed by atoms with Gasteiger partial charge in [-0.3, -0.25) is 0 Å². The quantitative estimate of drug-likeness (QED) is 0.649. The van der Waals surface area contributed by atoms with E-state index >= 15 is 0 Å². The number of rotatable bonds is 5. The zero-order valence-electron chi connectivity index (χ0n) is 7.34. The van der Waals surface area contributed by atoms with E-state index < -0.39 is 0 Å². The fourth-order valence-corrected chi connectivity index (χ4v) is 2.58. The predicted octanol–water partition coefficient (Wildman–Crippen LogP) is 3.95. The normalized spacial score (nSPS) is 13.5. The third-order valence-corrected chi connectivity index (χ3v) is 5.00. The van der Waals surface area contributed by atoms with Crippen molar-refractivity contribution in [3.63, 3.8) is 0 Å². The molecule has 0 N–H and O–H groups in total. The molecule has 0 heterocycles. The van der Waals surface area contributed by atoms with Gasteiger partial charge in [0.2, 0.25) is 0 Å². The summed E-state index contributed by atoms with van der Waals surface area (Å²) >= 11 is 23.4. The Bertz CT molecular complexity index is 111. The third kappa shape index (κ3) is 2.35. The van der Waals surface area contributed by atoms with Gasteiger partial charge in [-0.1, -0.05) is 13.8 Å². The van der Waals surface area contributed by atoms with E-state index in [1.165, 1.54) is 0 Å². The van der Waals surface area contributed by atoms with Crippen LogP contribution in [0.3, 0.4) is 0 Å². The van der Waals surface area contributed by atoms with Crippen LogP contribution in [-0.4, -0.2) is 23.5 Å². The smallest absolute Gasteiger partial charge is 0.0294 e. The molecule has 74 valence electrons. The molecule has 0 aliphatic carbocycles. The minimum absolute atomic E-state index is 0.195. The summed E-state index contributed by atoms with van der Waals surface area (Å²) in [5.41, 5.74) is -0.390. The van der Waals surface area contributed by atoms with Crippen molar-refractivity contribution < 1.29 is 0 Å². The Balaban J connectivity index is 4.66. The third-order valence-electron chi connectivity index (χ3n) is 2.64. The van der Waals surface area contributed by atoms with Crippen molar-refractivity contribution in [3.05, 3.63) is 0 Å². The van der Waals surface area contributed by atoms with Crippen LogP contribution >= 0.6 is 46.4 Å². The minimum atomic E-state index is -0.195. The second-order valence-corrected chi connectivity index (χ2v) is 4.72. The second kappa shape index (κ2) is 5.14. The average Bonchev–Trinajstić information content (AvgIpc) is 2.15. The van der Waals surface area contributed by atoms with Gasteiger partial charge in [0, 0.05) is 34.3 Å². The van der Waals surface area contributed by atoms with E-state index in [9.17, 15) is 0 Å². The first kappa shape index (κ1) is 13.2. The summed E-state index contributed by atoms with van der Waals surface area (Å²) in [5, 5.41) is 0. The summed E-state index contributed by atoms with van der Waals surface area (Å²) in [6, 6.07) is 0. The van der Waals surface area contributed by atoms with Crippen molar-refractivity contribution in [2.24, 2.45) is 10.8 Å². The highest BCUT2D eigenvalue weighted by Gasteiger charge is 2.42. The Morgan fingerprint density at radius 2 is 0.833 bits per heavy atom. The van der Waals surface area contributed by atoms with Gasteiger partial charge >= 0.3 is 0 Å². The van der Waals surface area contributed by atoms with Crippen molar-refractivity contribution in [2.75, 3.05) is 23.5 Å². The van der Waals surface area contributed by atoms with Crippen molar-refractivity contribution >= 4 is 46.4 Å². The van der Waals surface area contributed by atoms with Crippen molar-refractivity contribution in [3.8, 4) is 0 Å². The molecule has 0 aromatic carbocycles. The zero-order chi connectivity index (χ0) is 9.83. The van der Waals surface area contributed by atoms with Gasteiger partial charge in [0.1, 0.15) is 0 Å². The molecule has 0 nitrogen and oxygen atoms in total. The zero-order valence-corrected chi connectivity index (χ0v) is 10.4. The number of halogens is 4. The number of alkyl halides is 4. The molecule has 0 unspecified atom stereocenters. The SMILES string of the molecule is CC(CCl)(CCl)C(C)(CCl)CCl. The molecule has 0 fully saturated rings. The van der Waals surface area contributed by atoms with E-state index in [0.717, 1.165) is 0 Å². The van der Waals surface area contributed by atoms with Crippen LogP contribution in [0.15, 0.2) is 0 Å². The Hall–Kier alpha value is 1.16. The molecule has 0 aromatic heterocycles. The molecule has 0 amide bonds. The van der Waals surface area contributed by atoms with Gasteiger partial charge in [0.15, 0.2) is 0 Å². The first-order valence-corrected chi connectivity index (χ1v) is 5.87. The van der Waals surface area contributed by atoms with Gasteiger partial charge in [0.05, 0.1) is 0 Å². The Morgan fingerprint density at radius 3 is 0.917 bits per heavy atom. The van der Waals surface area contributed by atoms with Gasteiger partial charge in [-0.05, 0) is 0 Å². The average molecular weight is 252 g/mol. The van der Waals surface area contributed by atoms with Gasteiger partial charge in [-0.25, -0.2) is 0 Å². The maximum Gasteiger partial charge on any atom is 0.0294 e. The largest absolute Gasteiger partial charge is 0.126 e. The Labute approximate surface area is 94.5 Å². The summed E-state index contributed by atoms with van der Waals surface area (Å²) in [6.07, 6.45) is 0. The lowest BCUT2D eigenvalue weighted by Gasteiger charge is -2.42. The highest BCUT2D eigenvalue weighted by Crippen LogP contribution is 2.42. The molecule has 0 spiro atoms. The second-order valence-electron chi connectivity index (χ2n) is 3.66. The summed E-state index contributed by atoms with van der Waals surface area (Å²) in [4.78, 5) is 0. The van der Waals surface area contributed by atoms with E-state index in [2.05, 4.69) is 0 Å². The molecular formula is C8H14Cl4. The fourth-order valence-electron chi connectivity index (χ4n) is 0.717. The predicted molar refractivity (Wildman–Crippen MR) is 59.1 cm³/mol. The maximum absolute atomic E-state index is 5.85. The molecular weight excluding hydrogens is 238 g/mol. The Kier molecular flexibility index (Phi) is 5.64. The van der Waals surface area contributed by atoms with Crippen LogP contribution in [0.5, 0.6) is 0 Å². The van der Waals surface area contributed by atoms with E-state index in [1.807, 2.05) is 13.8 Å². The molecule has 0 rings (SSSR count). The molecule has 0 aromatic rings. The standard InChI is InChI=1S/C8H14Cl4/c1-7(3-9,4-10)8(2,5-11)6-12/h3-6H2,1-2H3. The lowest BCUT2D eigenvalue weighted by molar-refractivity contribution is 0.174. The molecule has 12 heavy (non-hydrogen) atoms. The number of hydrogen-bond acceptors (Lipinski definition) is 0. The molecule has 0 atom stereocenters. The van der Waals surface area contributed by atoms with E-state index in [-0.39, 0.29) is 10.8 Å². The molecule has 4 heteroatoms. The number of hydrogen-bond donors (Lipinski definition) is 0. The molecule has 0 bridgehead atoms. The van der Waals surface area contributed by atoms with E-state index in [1.54, 1.807) is 0 Å². The Morgan fingerprint density at radius 1 is 0.667 bits per heavy atom. The van der Waals surface area contributed by atoms with Gasteiger partial charge in [-0.2, -0.15) is 0 Å². The van der Waals surface area contributed by atoms with Crippen LogP contribution in [-0.2, 0) is 0 Å². The van der Waals surface area contributed by atoms with Crippen LogP contribution in [0.2, 0.25) is 0 Å². The van der Waals surface area contributed by atoms with Crippen LogP contribution in [0, 0.1) is 10.8 Å². The van der Waals surface area contributed by atoms with Gasteiger partial charge in [0.25, 0.3) is 0 Å². The van der Waals surface area contributed by atoms with Gasteiger partial charge < -0.3 is 0 Å². The first-order chi connectivity index (χ1) is 5.49. The molecule has 0 radical (unpaired) electrons. The summed E-state index contributed by atoms with van der Waals surface area (Å²) in [7, 11) is 0.